The lowest BCUT2D eigenvalue weighted by Crippen LogP contribution is -2.31. The molecule has 1 saturated heterocycles. The fourth-order valence-electron chi connectivity index (χ4n) is 2.34. The summed E-state index contributed by atoms with van der Waals surface area (Å²) in [5.74, 6) is 0.917. The van der Waals surface area contributed by atoms with Gasteiger partial charge >= 0.3 is 3.98 Å². The Morgan fingerprint density at radius 2 is 1.79 bits per heavy atom. The second-order valence-electron chi connectivity index (χ2n) is 4.74. The molecule has 19 heavy (non-hydrogen) atoms. The summed E-state index contributed by atoms with van der Waals surface area (Å²) < 4.78 is 9.19. The number of piperidine rings is 1. The first-order valence-corrected chi connectivity index (χ1v) is 8.37. The number of nitrogens with zero attached hydrogens (tertiary/aromatic N) is 1. The van der Waals surface area contributed by atoms with Gasteiger partial charge in [0.1, 0.15) is 18.8 Å². The normalized spacial score (nSPS) is 15.5. The molecular formula is C15H18NOS2+. The molecule has 1 aromatic carbocycles. The van der Waals surface area contributed by atoms with Crippen LogP contribution in [0.2, 0.25) is 0 Å². The molecule has 0 amide bonds. The van der Waals surface area contributed by atoms with Crippen LogP contribution in [0.5, 0.6) is 5.75 Å². The van der Waals surface area contributed by atoms with Crippen LogP contribution in [0.1, 0.15) is 19.3 Å². The van der Waals surface area contributed by atoms with E-state index in [9.17, 15) is 0 Å². The van der Waals surface area contributed by atoms with Crippen LogP contribution < -0.4 is 13.3 Å². The number of ether oxygens (including phenoxy) is 1. The number of hydrogen-bond donors (Lipinski definition) is 0. The Morgan fingerprint density at radius 3 is 2.47 bits per heavy atom. The van der Waals surface area contributed by atoms with E-state index in [-0.39, 0.29) is 0 Å². The average Bonchev–Trinajstić information content (AvgIpc) is 2.98. The van der Waals surface area contributed by atoms with E-state index in [4.69, 9.17) is 4.74 Å². The minimum atomic E-state index is 0.917. The second-order valence-corrected chi connectivity index (χ2v) is 6.89. The first kappa shape index (κ1) is 12.9. The molecule has 0 N–H and O–H groups in total. The lowest BCUT2D eigenvalue weighted by Gasteiger charge is -2.07. The quantitative estimate of drug-likeness (QED) is 0.772. The van der Waals surface area contributed by atoms with Crippen LogP contribution in [0.15, 0.2) is 29.6 Å². The van der Waals surface area contributed by atoms with E-state index in [0.717, 1.165) is 5.75 Å². The van der Waals surface area contributed by atoms with Gasteiger partial charge in [0, 0.05) is 18.2 Å². The van der Waals surface area contributed by atoms with Gasteiger partial charge in [-0.25, -0.2) is 4.58 Å². The molecule has 0 unspecified atom stereocenters. The van der Waals surface area contributed by atoms with Crippen LogP contribution in [0.3, 0.4) is 0 Å². The van der Waals surface area contributed by atoms with Crippen LogP contribution in [-0.2, 0) is 0 Å². The Kier molecular flexibility index (Phi) is 3.99. The molecule has 2 heterocycles. The van der Waals surface area contributed by atoms with Crippen LogP contribution in [0.4, 0.5) is 0 Å². The maximum atomic E-state index is 5.20. The summed E-state index contributed by atoms with van der Waals surface area (Å²) in [6.07, 6.45) is 4.06. The van der Waals surface area contributed by atoms with E-state index in [1.807, 2.05) is 34.8 Å². The Hall–Kier alpha value is -1.13. The molecule has 0 aliphatic carbocycles. The summed E-state index contributed by atoms with van der Waals surface area (Å²) in [6.45, 7) is 2.44. The topological polar surface area (TPSA) is 12.2 Å². The third kappa shape index (κ3) is 2.90. The van der Waals surface area contributed by atoms with Crippen molar-refractivity contribution in [3.63, 3.8) is 0 Å². The predicted molar refractivity (Wildman–Crippen MR) is 83.0 cm³/mol. The van der Waals surface area contributed by atoms with Crippen LogP contribution in [0, 0.1) is 0 Å². The van der Waals surface area contributed by atoms with Gasteiger partial charge in [0.25, 0.3) is 0 Å². The highest BCUT2D eigenvalue weighted by Gasteiger charge is 2.14. The fraction of sp³-hybridized carbons (Fsp3) is 0.400. The molecule has 0 bridgehead atoms. The van der Waals surface area contributed by atoms with Crippen LogP contribution in [-0.4, -0.2) is 20.2 Å². The summed E-state index contributed by atoms with van der Waals surface area (Å²) in [6, 6.07) is 8.33. The maximum Gasteiger partial charge on any atom is 0.314 e. The maximum absolute atomic E-state index is 5.20. The highest BCUT2D eigenvalue weighted by Crippen LogP contribution is 2.25. The highest BCUT2D eigenvalue weighted by molar-refractivity contribution is 7.28. The largest absolute Gasteiger partial charge is 0.497 e. The van der Waals surface area contributed by atoms with Crippen molar-refractivity contribution in [2.75, 3.05) is 20.2 Å². The number of hydrogen-bond acceptors (Lipinski definition) is 3. The van der Waals surface area contributed by atoms with E-state index in [2.05, 4.69) is 22.1 Å². The molecule has 100 valence electrons. The monoisotopic (exact) mass is 292 g/mol. The second kappa shape index (κ2) is 5.88. The lowest BCUT2D eigenvalue weighted by atomic mass is 10.2. The van der Waals surface area contributed by atoms with E-state index < -0.39 is 0 Å². The molecule has 1 aromatic heterocycles. The first-order chi connectivity index (χ1) is 9.36. The zero-order valence-electron chi connectivity index (χ0n) is 11.1. The van der Waals surface area contributed by atoms with Gasteiger partial charge < -0.3 is 4.74 Å². The van der Waals surface area contributed by atoms with Crippen molar-refractivity contribution < 1.29 is 4.74 Å². The predicted octanol–water partition coefficient (Wildman–Crippen LogP) is 3.44. The van der Waals surface area contributed by atoms with Crippen molar-refractivity contribution in [1.82, 2.24) is 4.58 Å². The van der Waals surface area contributed by atoms with Gasteiger partial charge in [-0.05, 0) is 36.2 Å². The summed E-state index contributed by atoms with van der Waals surface area (Å²) in [5.41, 5.74) is 1.28. The number of methoxy groups -OCH3 is 1. The third-order valence-corrected chi connectivity index (χ3v) is 5.96. The molecule has 1 fully saturated rings. The van der Waals surface area contributed by atoms with Crippen molar-refractivity contribution in [3.8, 4) is 16.2 Å². The highest BCUT2D eigenvalue weighted by atomic mass is 32.2. The van der Waals surface area contributed by atoms with E-state index in [0.29, 0.717) is 0 Å². The molecule has 0 radical (unpaired) electrons. The summed E-state index contributed by atoms with van der Waals surface area (Å²) >= 11 is 3.78. The van der Waals surface area contributed by atoms with Gasteiger partial charge in [0.05, 0.1) is 12.0 Å². The minimum absolute atomic E-state index is 0.917. The van der Waals surface area contributed by atoms with Crippen molar-refractivity contribution in [3.05, 3.63) is 33.6 Å². The van der Waals surface area contributed by atoms with E-state index >= 15 is 0 Å². The SMILES string of the molecule is COc1ccc(-c2csc(=[N+]3CCCCC3)s2)cc1. The zero-order valence-corrected chi connectivity index (χ0v) is 12.7. The Bertz CT molecular complexity index is 602. The first-order valence-electron chi connectivity index (χ1n) is 6.68. The van der Waals surface area contributed by atoms with Gasteiger partial charge in [-0.2, -0.15) is 0 Å². The summed E-state index contributed by atoms with van der Waals surface area (Å²) in [7, 11) is 1.71. The van der Waals surface area contributed by atoms with Gasteiger partial charge in [0.15, 0.2) is 0 Å². The fourth-order valence-corrected chi connectivity index (χ4v) is 4.72. The van der Waals surface area contributed by atoms with Gasteiger partial charge in [0.2, 0.25) is 0 Å². The van der Waals surface area contributed by atoms with Gasteiger partial charge in [-0.3, -0.25) is 0 Å². The average molecular weight is 292 g/mol. The summed E-state index contributed by atoms with van der Waals surface area (Å²) in [4.78, 5) is 1.35. The number of benzene rings is 1. The van der Waals surface area contributed by atoms with Gasteiger partial charge in [-0.15, -0.1) is 0 Å². The Balaban J connectivity index is 1.91. The zero-order chi connectivity index (χ0) is 13.1. The lowest BCUT2D eigenvalue weighted by molar-refractivity contribution is 0.415. The van der Waals surface area contributed by atoms with Crippen LogP contribution in [0.25, 0.3) is 10.4 Å². The molecule has 2 aromatic rings. The molecular weight excluding hydrogens is 274 g/mol. The van der Waals surface area contributed by atoms with Crippen LogP contribution >= 0.6 is 22.7 Å². The smallest absolute Gasteiger partial charge is 0.314 e. The molecule has 1 aliphatic heterocycles. The van der Waals surface area contributed by atoms with E-state index in [1.165, 1.54) is 46.8 Å². The molecule has 0 spiro atoms. The molecule has 2 nitrogen and oxygen atoms in total. The van der Waals surface area contributed by atoms with E-state index in [1.54, 1.807) is 7.11 Å². The van der Waals surface area contributed by atoms with Crippen molar-refractivity contribution in [2.45, 2.75) is 19.3 Å². The van der Waals surface area contributed by atoms with Gasteiger partial charge in [-0.1, -0.05) is 22.7 Å². The molecule has 0 saturated carbocycles. The van der Waals surface area contributed by atoms with Crippen molar-refractivity contribution >= 4 is 22.7 Å². The summed E-state index contributed by atoms with van der Waals surface area (Å²) in [5, 5.41) is 2.27. The number of rotatable bonds is 2. The standard InChI is InChI=1S/C15H18NOS2/c1-17-13-7-5-12(6-8-13)14-11-18-15(19-14)16-9-3-2-4-10-16/h5-8,11H,2-4,9-10H2,1H3/q+1. The van der Waals surface area contributed by atoms with Crippen molar-refractivity contribution in [2.24, 2.45) is 0 Å². The molecule has 3 rings (SSSR count). The minimum Gasteiger partial charge on any atom is -0.497 e. The molecule has 4 heteroatoms. The third-order valence-electron chi connectivity index (χ3n) is 3.45. The Morgan fingerprint density at radius 1 is 1.05 bits per heavy atom. The molecule has 0 atom stereocenters. The Labute approximate surface area is 121 Å². The molecule has 1 aliphatic rings. The van der Waals surface area contributed by atoms with Crippen molar-refractivity contribution in [1.29, 1.82) is 0 Å².